The molecule has 0 radical (unpaired) electrons. The first kappa shape index (κ1) is 12.6. The first-order chi connectivity index (χ1) is 7.61. The van der Waals surface area contributed by atoms with E-state index in [0.29, 0.717) is 17.3 Å². The van der Waals surface area contributed by atoms with Crippen LogP contribution in [-0.4, -0.2) is 28.7 Å². The molecule has 1 aromatic rings. The SMILES string of the molecule is CNC(=O)CCCSc1nc(N)cc(=O)[nH]1. The van der Waals surface area contributed by atoms with Crippen molar-refractivity contribution in [1.29, 1.82) is 0 Å². The summed E-state index contributed by atoms with van der Waals surface area (Å²) in [4.78, 5) is 28.5. The summed E-state index contributed by atoms with van der Waals surface area (Å²) in [6, 6.07) is 1.23. The lowest BCUT2D eigenvalue weighted by atomic mass is 10.3. The minimum Gasteiger partial charge on any atom is -0.383 e. The number of aromatic nitrogens is 2. The molecule has 4 N–H and O–H groups in total. The maximum Gasteiger partial charge on any atom is 0.253 e. The van der Waals surface area contributed by atoms with Gasteiger partial charge in [0.15, 0.2) is 5.16 Å². The van der Waals surface area contributed by atoms with E-state index >= 15 is 0 Å². The number of anilines is 1. The predicted molar refractivity (Wildman–Crippen MR) is 63.3 cm³/mol. The summed E-state index contributed by atoms with van der Waals surface area (Å²) in [6.45, 7) is 0. The molecule has 0 saturated carbocycles. The Morgan fingerprint density at radius 1 is 1.69 bits per heavy atom. The molecule has 7 heteroatoms. The lowest BCUT2D eigenvalue weighted by Gasteiger charge is -2.01. The Morgan fingerprint density at radius 3 is 3.06 bits per heavy atom. The molecule has 0 saturated heterocycles. The number of carbonyl (C=O) groups is 1. The van der Waals surface area contributed by atoms with Gasteiger partial charge in [0, 0.05) is 25.3 Å². The zero-order valence-corrected chi connectivity index (χ0v) is 9.76. The molecule has 0 aliphatic carbocycles. The molecule has 0 atom stereocenters. The predicted octanol–water partition coefficient (Wildman–Crippen LogP) is -0.0296. The number of thioether (sulfide) groups is 1. The molecular weight excluding hydrogens is 228 g/mol. The first-order valence-electron chi connectivity index (χ1n) is 4.82. The Labute approximate surface area is 97.0 Å². The Hall–Kier alpha value is -1.50. The zero-order valence-electron chi connectivity index (χ0n) is 8.95. The van der Waals surface area contributed by atoms with Crippen LogP contribution >= 0.6 is 11.8 Å². The third kappa shape index (κ3) is 4.35. The van der Waals surface area contributed by atoms with Crippen LogP contribution in [0.3, 0.4) is 0 Å². The van der Waals surface area contributed by atoms with Crippen molar-refractivity contribution < 1.29 is 4.79 Å². The summed E-state index contributed by atoms with van der Waals surface area (Å²) in [7, 11) is 1.60. The minimum atomic E-state index is -0.263. The topological polar surface area (TPSA) is 101 Å². The molecule has 0 bridgehead atoms. The minimum absolute atomic E-state index is 0.00892. The fourth-order valence-electron chi connectivity index (χ4n) is 1.05. The standard InChI is InChI=1S/C9H14N4O2S/c1-11-7(14)3-2-4-16-9-12-6(10)5-8(15)13-9/h5H,2-4H2,1H3,(H,11,14)(H3,10,12,13,15). The number of nitrogens with zero attached hydrogens (tertiary/aromatic N) is 1. The molecule has 0 aliphatic heterocycles. The maximum atomic E-state index is 11.0. The van der Waals surface area contributed by atoms with Crippen molar-refractivity contribution >= 4 is 23.5 Å². The molecule has 1 rings (SSSR count). The van der Waals surface area contributed by atoms with Gasteiger partial charge < -0.3 is 16.0 Å². The van der Waals surface area contributed by atoms with Crippen LogP contribution in [0.2, 0.25) is 0 Å². The van der Waals surface area contributed by atoms with E-state index in [1.54, 1.807) is 7.05 Å². The van der Waals surface area contributed by atoms with E-state index in [1.807, 2.05) is 0 Å². The van der Waals surface area contributed by atoms with Crippen molar-refractivity contribution in [1.82, 2.24) is 15.3 Å². The Morgan fingerprint density at radius 2 is 2.44 bits per heavy atom. The third-order valence-electron chi connectivity index (χ3n) is 1.81. The van der Waals surface area contributed by atoms with Crippen LogP contribution in [0.15, 0.2) is 16.0 Å². The molecule has 6 nitrogen and oxygen atoms in total. The van der Waals surface area contributed by atoms with Crippen LogP contribution in [0.1, 0.15) is 12.8 Å². The molecule has 0 aliphatic rings. The number of aromatic amines is 1. The lowest BCUT2D eigenvalue weighted by Crippen LogP contribution is -2.17. The molecule has 0 aromatic carbocycles. The Kier molecular flexibility index (Phi) is 4.84. The maximum absolute atomic E-state index is 11.0. The Bertz CT molecular complexity index is 418. The number of nitrogen functional groups attached to an aromatic ring is 1. The highest BCUT2D eigenvalue weighted by Crippen LogP contribution is 2.13. The van der Waals surface area contributed by atoms with Crippen molar-refractivity contribution in [2.75, 3.05) is 18.5 Å². The average Bonchev–Trinajstić information content (AvgIpc) is 2.22. The summed E-state index contributed by atoms with van der Waals surface area (Å²) in [6.07, 6.45) is 1.19. The van der Waals surface area contributed by atoms with Crippen LogP contribution in [0.25, 0.3) is 0 Å². The van der Waals surface area contributed by atoms with E-state index in [4.69, 9.17) is 5.73 Å². The monoisotopic (exact) mass is 242 g/mol. The van der Waals surface area contributed by atoms with Gasteiger partial charge in [-0.1, -0.05) is 11.8 Å². The van der Waals surface area contributed by atoms with Gasteiger partial charge in [-0.15, -0.1) is 0 Å². The molecule has 1 aromatic heterocycles. The number of H-pyrrole nitrogens is 1. The van der Waals surface area contributed by atoms with Gasteiger partial charge in [-0.25, -0.2) is 4.98 Å². The highest BCUT2D eigenvalue weighted by atomic mass is 32.2. The van der Waals surface area contributed by atoms with Crippen LogP contribution in [0.5, 0.6) is 0 Å². The highest BCUT2D eigenvalue weighted by molar-refractivity contribution is 7.99. The zero-order chi connectivity index (χ0) is 12.0. The van der Waals surface area contributed by atoms with E-state index in [-0.39, 0.29) is 17.3 Å². The lowest BCUT2D eigenvalue weighted by molar-refractivity contribution is -0.120. The summed E-state index contributed by atoms with van der Waals surface area (Å²) in [5.41, 5.74) is 5.16. The van der Waals surface area contributed by atoms with E-state index in [1.165, 1.54) is 17.8 Å². The van der Waals surface area contributed by atoms with Crippen LogP contribution < -0.4 is 16.6 Å². The number of hydrogen-bond donors (Lipinski definition) is 3. The normalized spacial score (nSPS) is 10.1. The van der Waals surface area contributed by atoms with E-state index in [2.05, 4.69) is 15.3 Å². The van der Waals surface area contributed by atoms with E-state index in [9.17, 15) is 9.59 Å². The van der Waals surface area contributed by atoms with Gasteiger partial charge in [0.05, 0.1) is 0 Å². The van der Waals surface area contributed by atoms with Gasteiger partial charge in [-0.3, -0.25) is 9.59 Å². The number of carbonyl (C=O) groups excluding carboxylic acids is 1. The molecule has 0 spiro atoms. The molecule has 88 valence electrons. The fraction of sp³-hybridized carbons (Fsp3) is 0.444. The summed E-state index contributed by atoms with van der Waals surface area (Å²) < 4.78 is 0. The van der Waals surface area contributed by atoms with Crippen molar-refractivity contribution in [3.63, 3.8) is 0 Å². The number of nitrogens with one attached hydrogen (secondary N) is 2. The number of hydrogen-bond acceptors (Lipinski definition) is 5. The van der Waals surface area contributed by atoms with Gasteiger partial charge in [-0.05, 0) is 6.42 Å². The highest BCUT2D eigenvalue weighted by Gasteiger charge is 2.01. The second-order valence-corrected chi connectivity index (χ2v) is 4.18. The van der Waals surface area contributed by atoms with Gasteiger partial charge in [0.1, 0.15) is 5.82 Å². The van der Waals surface area contributed by atoms with Crippen molar-refractivity contribution in [2.45, 2.75) is 18.0 Å². The molecule has 1 amide bonds. The van der Waals surface area contributed by atoms with Crippen molar-refractivity contribution in [3.8, 4) is 0 Å². The second-order valence-electron chi connectivity index (χ2n) is 3.10. The van der Waals surface area contributed by atoms with E-state index < -0.39 is 0 Å². The van der Waals surface area contributed by atoms with Gasteiger partial charge in [-0.2, -0.15) is 0 Å². The largest absolute Gasteiger partial charge is 0.383 e. The first-order valence-corrected chi connectivity index (χ1v) is 5.80. The van der Waals surface area contributed by atoms with Crippen LogP contribution in [-0.2, 0) is 4.79 Å². The van der Waals surface area contributed by atoms with Crippen LogP contribution in [0.4, 0.5) is 5.82 Å². The van der Waals surface area contributed by atoms with Gasteiger partial charge >= 0.3 is 0 Å². The Balaban J connectivity index is 2.37. The number of nitrogens with two attached hydrogens (primary N) is 1. The quantitative estimate of drug-likeness (QED) is 0.382. The summed E-state index contributed by atoms with van der Waals surface area (Å²) >= 11 is 1.37. The summed E-state index contributed by atoms with van der Waals surface area (Å²) in [5.74, 6) is 0.923. The smallest absolute Gasteiger partial charge is 0.253 e. The third-order valence-corrected chi connectivity index (χ3v) is 2.77. The van der Waals surface area contributed by atoms with Crippen molar-refractivity contribution in [3.05, 3.63) is 16.4 Å². The summed E-state index contributed by atoms with van der Waals surface area (Å²) in [5, 5.41) is 3.03. The average molecular weight is 242 g/mol. The van der Waals surface area contributed by atoms with E-state index in [0.717, 1.165) is 6.42 Å². The van der Waals surface area contributed by atoms with Crippen LogP contribution in [0, 0.1) is 0 Å². The van der Waals surface area contributed by atoms with Gasteiger partial charge in [0.2, 0.25) is 5.91 Å². The molecular formula is C9H14N4O2S. The molecule has 1 heterocycles. The molecule has 16 heavy (non-hydrogen) atoms. The number of rotatable bonds is 5. The van der Waals surface area contributed by atoms with Crippen molar-refractivity contribution in [2.24, 2.45) is 0 Å². The number of amides is 1. The molecule has 0 unspecified atom stereocenters. The second kappa shape index (κ2) is 6.16. The molecule has 0 fully saturated rings. The van der Waals surface area contributed by atoms with Gasteiger partial charge in [0.25, 0.3) is 5.56 Å². The fourth-order valence-corrected chi connectivity index (χ4v) is 1.87.